The number of anilines is 1. The van der Waals surface area contributed by atoms with Gasteiger partial charge < -0.3 is 19.3 Å². The van der Waals surface area contributed by atoms with Gasteiger partial charge in [0.15, 0.2) is 11.5 Å². The fraction of sp³-hybridized carbons (Fsp3) is 0.500. The van der Waals surface area contributed by atoms with E-state index < -0.39 is 17.8 Å². The molecule has 1 aromatic carbocycles. The molecule has 34 heavy (non-hydrogen) atoms. The minimum absolute atomic E-state index is 0.0360. The van der Waals surface area contributed by atoms with Gasteiger partial charge in [0.2, 0.25) is 6.10 Å². The van der Waals surface area contributed by atoms with E-state index >= 15 is 0 Å². The Labute approximate surface area is 196 Å². The van der Waals surface area contributed by atoms with Crippen LogP contribution in [0.2, 0.25) is 0 Å². The van der Waals surface area contributed by atoms with Crippen LogP contribution in [-0.4, -0.2) is 78.7 Å². The van der Waals surface area contributed by atoms with E-state index in [-0.39, 0.29) is 12.5 Å². The Balaban J connectivity index is 1.09. The molecular weight excluding hydrogens is 449 g/mol. The number of rotatable bonds is 3. The van der Waals surface area contributed by atoms with Crippen LogP contribution in [0.3, 0.4) is 0 Å². The number of likely N-dealkylation sites (tertiary alicyclic amines) is 1. The first kappa shape index (κ1) is 22.8. The lowest BCUT2D eigenvalue weighted by Gasteiger charge is -2.43. The van der Waals surface area contributed by atoms with Crippen LogP contribution in [0.4, 0.5) is 19.0 Å². The number of amides is 1. The number of piperazine rings is 1. The van der Waals surface area contributed by atoms with E-state index in [2.05, 4.69) is 9.88 Å². The number of halogens is 3. The number of nitrogens with zero attached hydrogens (tertiary/aromatic N) is 4. The standard InChI is InChI=1S/C24H27F3N4O3/c25-24(26,27)17-5-6-22(28-15-17)30-13-11-29(12-14-30)18-7-9-31(10-8-18)23(32)21-16-33-19-3-1-2-4-20(19)34-21/h1-6,15,18,21H,7-14,16H2. The van der Waals surface area contributed by atoms with Crippen molar-refractivity contribution in [2.45, 2.75) is 31.2 Å². The topological polar surface area (TPSA) is 58.1 Å². The molecule has 0 spiro atoms. The second kappa shape index (κ2) is 9.32. The maximum absolute atomic E-state index is 13.0. The van der Waals surface area contributed by atoms with Crippen LogP contribution in [0, 0.1) is 0 Å². The van der Waals surface area contributed by atoms with Gasteiger partial charge >= 0.3 is 6.18 Å². The molecule has 1 atom stereocenters. The van der Waals surface area contributed by atoms with Crippen LogP contribution in [0.15, 0.2) is 42.6 Å². The minimum atomic E-state index is -4.37. The van der Waals surface area contributed by atoms with Crippen molar-refractivity contribution in [1.29, 1.82) is 0 Å². The number of ether oxygens (including phenoxy) is 2. The van der Waals surface area contributed by atoms with Crippen LogP contribution in [0.25, 0.3) is 0 Å². The van der Waals surface area contributed by atoms with Crippen molar-refractivity contribution in [1.82, 2.24) is 14.8 Å². The average molecular weight is 476 g/mol. The molecule has 10 heteroatoms. The van der Waals surface area contributed by atoms with Crippen molar-refractivity contribution in [2.24, 2.45) is 0 Å². The van der Waals surface area contributed by atoms with Gasteiger partial charge in [-0.15, -0.1) is 0 Å². The number of hydrogen-bond donors (Lipinski definition) is 0. The lowest BCUT2D eigenvalue weighted by Crippen LogP contribution is -2.55. The molecule has 0 saturated carbocycles. The van der Waals surface area contributed by atoms with E-state index in [0.717, 1.165) is 38.2 Å². The first-order valence-corrected chi connectivity index (χ1v) is 11.6. The van der Waals surface area contributed by atoms with Crippen molar-refractivity contribution < 1.29 is 27.4 Å². The molecule has 3 aliphatic heterocycles. The summed E-state index contributed by atoms with van der Waals surface area (Å²) in [6.07, 6.45) is -2.33. The largest absolute Gasteiger partial charge is 0.485 e. The smallest absolute Gasteiger partial charge is 0.417 e. The lowest BCUT2D eigenvalue weighted by atomic mass is 10.0. The van der Waals surface area contributed by atoms with Gasteiger partial charge in [0, 0.05) is 51.5 Å². The predicted octanol–water partition coefficient (Wildman–Crippen LogP) is 3.05. The van der Waals surface area contributed by atoms with E-state index in [9.17, 15) is 18.0 Å². The molecule has 2 saturated heterocycles. The minimum Gasteiger partial charge on any atom is -0.485 e. The Morgan fingerprint density at radius 2 is 1.65 bits per heavy atom. The summed E-state index contributed by atoms with van der Waals surface area (Å²) in [6, 6.07) is 10.3. The molecule has 1 aromatic heterocycles. The van der Waals surface area contributed by atoms with Gasteiger partial charge in [-0.2, -0.15) is 13.2 Å². The van der Waals surface area contributed by atoms with E-state index in [4.69, 9.17) is 9.47 Å². The third-order valence-corrected chi connectivity index (χ3v) is 6.79. The van der Waals surface area contributed by atoms with Gasteiger partial charge in [-0.1, -0.05) is 12.1 Å². The van der Waals surface area contributed by atoms with Crippen LogP contribution < -0.4 is 14.4 Å². The molecule has 1 unspecified atom stereocenters. The number of alkyl halides is 3. The highest BCUT2D eigenvalue weighted by atomic mass is 19.4. The number of carbonyl (C=O) groups is 1. The summed E-state index contributed by atoms with van der Waals surface area (Å²) in [5.74, 6) is 1.80. The number of benzene rings is 1. The molecule has 7 nitrogen and oxygen atoms in total. The second-order valence-electron chi connectivity index (χ2n) is 8.85. The SMILES string of the molecule is O=C(C1COc2ccccc2O1)N1CCC(N2CCN(c3ccc(C(F)(F)F)cn3)CC2)CC1. The van der Waals surface area contributed by atoms with Crippen LogP contribution in [0.1, 0.15) is 18.4 Å². The summed E-state index contributed by atoms with van der Waals surface area (Å²) in [6.45, 7) is 4.62. The fourth-order valence-electron chi connectivity index (χ4n) is 4.85. The van der Waals surface area contributed by atoms with Gasteiger partial charge in [0.25, 0.3) is 5.91 Å². The average Bonchev–Trinajstić information content (AvgIpc) is 2.88. The molecule has 182 valence electrons. The number of fused-ring (bicyclic) bond motifs is 1. The summed E-state index contributed by atoms with van der Waals surface area (Å²) >= 11 is 0. The Bertz CT molecular complexity index is 1000. The van der Waals surface area contributed by atoms with E-state index in [1.165, 1.54) is 6.07 Å². The lowest BCUT2D eigenvalue weighted by molar-refractivity contribution is -0.143. The van der Waals surface area contributed by atoms with Crippen LogP contribution in [0.5, 0.6) is 11.5 Å². The highest BCUT2D eigenvalue weighted by Gasteiger charge is 2.35. The third-order valence-electron chi connectivity index (χ3n) is 6.79. The Morgan fingerprint density at radius 3 is 2.29 bits per heavy atom. The van der Waals surface area contributed by atoms with Crippen molar-refractivity contribution in [3.8, 4) is 11.5 Å². The maximum Gasteiger partial charge on any atom is 0.417 e. The number of pyridine rings is 1. The molecule has 1 amide bonds. The fourth-order valence-corrected chi connectivity index (χ4v) is 4.85. The van der Waals surface area contributed by atoms with Crippen molar-refractivity contribution in [3.05, 3.63) is 48.2 Å². The quantitative estimate of drug-likeness (QED) is 0.679. The van der Waals surface area contributed by atoms with Gasteiger partial charge in [-0.05, 0) is 37.1 Å². The summed E-state index contributed by atoms with van der Waals surface area (Å²) in [5.41, 5.74) is -0.731. The molecular formula is C24H27F3N4O3. The summed E-state index contributed by atoms with van der Waals surface area (Å²) in [5, 5.41) is 0. The molecule has 2 aromatic rings. The monoisotopic (exact) mass is 476 g/mol. The van der Waals surface area contributed by atoms with Crippen molar-refractivity contribution in [3.63, 3.8) is 0 Å². The van der Waals surface area contributed by atoms with E-state index in [0.29, 0.717) is 49.5 Å². The highest BCUT2D eigenvalue weighted by Crippen LogP contribution is 2.32. The first-order valence-electron chi connectivity index (χ1n) is 11.6. The zero-order chi connectivity index (χ0) is 23.7. The normalized spacial score (nSPS) is 22.0. The van der Waals surface area contributed by atoms with Gasteiger partial charge in [0.05, 0.1) is 5.56 Å². The number of para-hydroxylation sites is 2. The number of hydrogen-bond acceptors (Lipinski definition) is 6. The summed E-state index contributed by atoms with van der Waals surface area (Å²) < 4.78 is 49.8. The van der Waals surface area contributed by atoms with Crippen LogP contribution in [-0.2, 0) is 11.0 Å². The number of carbonyl (C=O) groups excluding carboxylic acids is 1. The first-order chi connectivity index (χ1) is 16.4. The second-order valence-corrected chi connectivity index (χ2v) is 8.85. The van der Waals surface area contributed by atoms with Crippen LogP contribution >= 0.6 is 0 Å². The van der Waals surface area contributed by atoms with Gasteiger partial charge in [-0.25, -0.2) is 4.98 Å². The van der Waals surface area contributed by atoms with Gasteiger partial charge in [0.1, 0.15) is 12.4 Å². The Kier molecular flexibility index (Phi) is 6.24. The number of aromatic nitrogens is 1. The molecule has 0 N–H and O–H groups in total. The summed E-state index contributed by atoms with van der Waals surface area (Å²) in [4.78, 5) is 23.3. The van der Waals surface area contributed by atoms with Crippen molar-refractivity contribution >= 4 is 11.7 Å². The zero-order valence-corrected chi connectivity index (χ0v) is 18.7. The molecule has 4 heterocycles. The third kappa shape index (κ3) is 4.77. The summed E-state index contributed by atoms with van der Waals surface area (Å²) in [7, 11) is 0. The molecule has 5 rings (SSSR count). The zero-order valence-electron chi connectivity index (χ0n) is 18.7. The Hall–Kier alpha value is -3.01. The van der Waals surface area contributed by atoms with Gasteiger partial charge in [-0.3, -0.25) is 9.69 Å². The maximum atomic E-state index is 13.0. The molecule has 2 fully saturated rings. The van der Waals surface area contributed by atoms with E-state index in [1.54, 1.807) is 6.07 Å². The molecule has 0 aliphatic carbocycles. The Morgan fingerprint density at radius 1 is 0.941 bits per heavy atom. The molecule has 3 aliphatic rings. The molecule has 0 radical (unpaired) electrons. The molecule has 0 bridgehead atoms. The number of piperidine rings is 1. The highest BCUT2D eigenvalue weighted by molar-refractivity contribution is 5.82. The van der Waals surface area contributed by atoms with E-state index in [1.807, 2.05) is 28.0 Å². The predicted molar refractivity (Wildman–Crippen MR) is 119 cm³/mol. The van der Waals surface area contributed by atoms with Crippen molar-refractivity contribution in [2.75, 3.05) is 50.8 Å².